The molecule has 0 atom stereocenters. The van der Waals surface area contributed by atoms with Gasteiger partial charge in [0.05, 0.1) is 23.1 Å². The second-order valence-corrected chi connectivity index (χ2v) is 4.58. The number of benzene rings is 2. The molecule has 0 spiro atoms. The number of halogens is 2. The van der Waals surface area contributed by atoms with Crippen molar-refractivity contribution < 1.29 is 23.4 Å². The molecule has 7 nitrogen and oxygen atoms in total. The highest BCUT2D eigenvalue weighted by Gasteiger charge is 2.15. The smallest absolute Gasteiger partial charge is 0.304 e. The molecule has 0 aliphatic heterocycles. The Balaban J connectivity index is 1.97. The lowest BCUT2D eigenvalue weighted by molar-refractivity contribution is -0.387. The molecular weight excluding hydrogens is 314 g/mol. The third-order valence-electron chi connectivity index (χ3n) is 2.96. The number of nitro benzene ring substituents is 2. The largest absolute Gasteiger partial charge is 0.372 e. The lowest BCUT2D eigenvalue weighted by Gasteiger charge is -2.05. The molecule has 2 rings (SSSR count). The summed E-state index contributed by atoms with van der Waals surface area (Å²) in [6.07, 6.45) is 0. The standard InChI is InChI=1S/C14H10F2N2O5/c15-11-5-9(1-3-13(11)17(19)20)7-23-8-10-2-4-14(18(21)22)12(16)6-10/h1-6H,7-8H2. The topological polar surface area (TPSA) is 95.5 Å². The molecule has 2 aromatic rings. The highest BCUT2D eigenvalue weighted by atomic mass is 19.1. The molecule has 9 heteroatoms. The van der Waals surface area contributed by atoms with Gasteiger partial charge in [0.15, 0.2) is 0 Å². The van der Waals surface area contributed by atoms with Gasteiger partial charge in [0, 0.05) is 12.1 Å². The third kappa shape index (κ3) is 4.04. The molecule has 0 radical (unpaired) electrons. The highest BCUT2D eigenvalue weighted by Crippen LogP contribution is 2.20. The fourth-order valence-corrected chi connectivity index (χ4v) is 1.86. The Bertz CT molecular complexity index is 703. The van der Waals surface area contributed by atoms with E-state index in [1.165, 1.54) is 12.1 Å². The number of nitrogens with zero attached hydrogens (tertiary/aromatic N) is 2. The van der Waals surface area contributed by atoms with Crippen LogP contribution in [0.5, 0.6) is 0 Å². The van der Waals surface area contributed by atoms with Crippen molar-refractivity contribution in [3.05, 3.63) is 79.4 Å². The van der Waals surface area contributed by atoms with Crippen molar-refractivity contribution >= 4 is 11.4 Å². The first-order chi connectivity index (χ1) is 10.9. The third-order valence-corrected chi connectivity index (χ3v) is 2.96. The maximum atomic E-state index is 13.4. The van der Waals surface area contributed by atoms with Crippen LogP contribution in [-0.4, -0.2) is 9.85 Å². The fourth-order valence-electron chi connectivity index (χ4n) is 1.86. The van der Waals surface area contributed by atoms with Crippen LogP contribution >= 0.6 is 0 Å². The molecule has 23 heavy (non-hydrogen) atoms. The second kappa shape index (κ2) is 6.88. The van der Waals surface area contributed by atoms with Gasteiger partial charge >= 0.3 is 11.4 Å². The molecule has 0 aromatic heterocycles. The van der Waals surface area contributed by atoms with Gasteiger partial charge in [0.2, 0.25) is 11.6 Å². The van der Waals surface area contributed by atoms with E-state index in [0.717, 1.165) is 24.3 Å². The Kier molecular flexibility index (Phi) is 4.91. The van der Waals surface area contributed by atoms with Crippen molar-refractivity contribution in [3.8, 4) is 0 Å². The maximum Gasteiger partial charge on any atom is 0.304 e. The van der Waals surface area contributed by atoms with E-state index >= 15 is 0 Å². The minimum atomic E-state index is -0.975. The molecule has 0 amide bonds. The first-order valence-corrected chi connectivity index (χ1v) is 6.32. The summed E-state index contributed by atoms with van der Waals surface area (Å²) in [7, 11) is 0. The number of hydrogen-bond acceptors (Lipinski definition) is 5. The summed E-state index contributed by atoms with van der Waals surface area (Å²) in [5.41, 5.74) is -0.525. The van der Waals surface area contributed by atoms with Crippen molar-refractivity contribution in [1.82, 2.24) is 0 Å². The van der Waals surface area contributed by atoms with Crippen LogP contribution in [0.25, 0.3) is 0 Å². The monoisotopic (exact) mass is 324 g/mol. The molecular formula is C14H10F2N2O5. The van der Waals surface area contributed by atoms with E-state index < -0.39 is 32.9 Å². The molecule has 0 fully saturated rings. The molecule has 0 saturated heterocycles. The van der Waals surface area contributed by atoms with E-state index in [-0.39, 0.29) is 13.2 Å². The summed E-state index contributed by atoms with van der Waals surface area (Å²) in [5, 5.41) is 21.0. The van der Waals surface area contributed by atoms with Crippen LogP contribution in [0.4, 0.5) is 20.2 Å². The summed E-state index contributed by atoms with van der Waals surface area (Å²) in [5.74, 6) is -1.95. The Morgan fingerprint density at radius 3 is 1.52 bits per heavy atom. The summed E-state index contributed by atoms with van der Waals surface area (Å²) >= 11 is 0. The summed E-state index contributed by atoms with van der Waals surface area (Å²) in [6.45, 7) is -0.0962. The zero-order valence-electron chi connectivity index (χ0n) is 11.6. The molecule has 0 heterocycles. The van der Waals surface area contributed by atoms with Gasteiger partial charge in [0.1, 0.15) is 0 Å². The number of nitro groups is 2. The predicted molar refractivity (Wildman–Crippen MR) is 74.6 cm³/mol. The van der Waals surface area contributed by atoms with Gasteiger partial charge in [0.25, 0.3) is 0 Å². The van der Waals surface area contributed by atoms with Crippen molar-refractivity contribution in [3.63, 3.8) is 0 Å². The van der Waals surface area contributed by atoms with E-state index in [0.29, 0.717) is 11.1 Å². The SMILES string of the molecule is O=[N+]([O-])c1ccc(COCc2ccc([N+](=O)[O-])c(F)c2)cc1F. The number of rotatable bonds is 6. The van der Waals surface area contributed by atoms with E-state index in [1.54, 1.807) is 0 Å². The van der Waals surface area contributed by atoms with Gasteiger partial charge in [-0.1, -0.05) is 0 Å². The molecule has 0 aliphatic carbocycles. The van der Waals surface area contributed by atoms with Gasteiger partial charge in [-0.05, 0) is 35.4 Å². The van der Waals surface area contributed by atoms with Crippen LogP contribution in [0.2, 0.25) is 0 Å². The first kappa shape index (κ1) is 16.4. The van der Waals surface area contributed by atoms with Crippen LogP contribution < -0.4 is 0 Å². The Morgan fingerprint density at radius 1 is 0.826 bits per heavy atom. The molecule has 0 saturated carbocycles. The minimum absolute atomic E-state index is 0.0481. The Labute approximate surface area is 128 Å². The quantitative estimate of drug-likeness (QED) is 0.598. The zero-order valence-corrected chi connectivity index (χ0v) is 11.6. The normalized spacial score (nSPS) is 10.5. The van der Waals surface area contributed by atoms with Crippen LogP contribution in [0, 0.1) is 31.9 Å². The van der Waals surface area contributed by atoms with E-state index in [1.807, 2.05) is 0 Å². The van der Waals surface area contributed by atoms with E-state index in [4.69, 9.17) is 4.74 Å². The van der Waals surface area contributed by atoms with Crippen LogP contribution in [0.1, 0.15) is 11.1 Å². The van der Waals surface area contributed by atoms with Gasteiger partial charge in [-0.3, -0.25) is 20.2 Å². The van der Waals surface area contributed by atoms with Crippen LogP contribution in [0.3, 0.4) is 0 Å². The fraction of sp³-hybridized carbons (Fsp3) is 0.143. The lowest BCUT2D eigenvalue weighted by atomic mass is 10.2. The molecule has 0 bridgehead atoms. The predicted octanol–water partition coefficient (Wildman–Crippen LogP) is 3.50. The van der Waals surface area contributed by atoms with E-state index in [2.05, 4.69) is 0 Å². The maximum absolute atomic E-state index is 13.4. The van der Waals surface area contributed by atoms with Gasteiger partial charge in [-0.15, -0.1) is 0 Å². The molecule has 2 aromatic carbocycles. The van der Waals surface area contributed by atoms with Crippen molar-refractivity contribution in [2.24, 2.45) is 0 Å². The van der Waals surface area contributed by atoms with Gasteiger partial charge in [-0.25, -0.2) is 0 Å². The molecule has 120 valence electrons. The highest BCUT2D eigenvalue weighted by molar-refractivity contribution is 5.35. The van der Waals surface area contributed by atoms with Crippen LogP contribution in [0.15, 0.2) is 36.4 Å². The van der Waals surface area contributed by atoms with E-state index in [9.17, 15) is 29.0 Å². The minimum Gasteiger partial charge on any atom is -0.372 e. The number of hydrogen-bond donors (Lipinski definition) is 0. The second-order valence-electron chi connectivity index (χ2n) is 4.58. The summed E-state index contributed by atoms with van der Waals surface area (Å²) in [4.78, 5) is 19.3. The zero-order chi connectivity index (χ0) is 17.0. The average Bonchev–Trinajstić information content (AvgIpc) is 2.46. The Hall–Kier alpha value is -2.94. The van der Waals surface area contributed by atoms with Crippen molar-refractivity contribution in [2.75, 3.05) is 0 Å². The molecule has 0 N–H and O–H groups in total. The number of ether oxygens (including phenoxy) is 1. The van der Waals surface area contributed by atoms with Gasteiger partial charge < -0.3 is 4.74 Å². The molecule has 0 aliphatic rings. The Morgan fingerprint density at radius 2 is 1.22 bits per heavy atom. The lowest BCUT2D eigenvalue weighted by Crippen LogP contribution is -1.99. The van der Waals surface area contributed by atoms with Gasteiger partial charge in [-0.2, -0.15) is 8.78 Å². The van der Waals surface area contributed by atoms with Crippen molar-refractivity contribution in [1.29, 1.82) is 0 Å². The summed E-state index contributed by atoms with van der Waals surface area (Å²) < 4.78 is 32.1. The molecule has 0 unspecified atom stereocenters. The first-order valence-electron chi connectivity index (χ1n) is 6.32. The average molecular weight is 324 g/mol. The van der Waals surface area contributed by atoms with Crippen LogP contribution in [-0.2, 0) is 18.0 Å². The van der Waals surface area contributed by atoms with Crippen molar-refractivity contribution in [2.45, 2.75) is 13.2 Å². The summed E-state index contributed by atoms with van der Waals surface area (Å²) in [6, 6.07) is 6.71.